The van der Waals surface area contributed by atoms with Crippen molar-refractivity contribution in [2.24, 2.45) is 7.05 Å². The molecular formula is C35H32Cl2N4O3. The molecule has 1 atom stereocenters. The molecule has 3 aromatic carbocycles. The summed E-state index contributed by atoms with van der Waals surface area (Å²) in [6.07, 6.45) is 4.04. The lowest BCUT2D eigenvalue weighted by Crippen LogP contribution is -2.42. The van der Waals surface area contributed by atoms with Crippen molar-refractivity contribution in [3.63, 3.8) is 0 Å². The molecule has 2 aromatic heterocycles. The molecule has 0 bridgehead atoms. The van der Waals surface area contributed by atoms with E-state index in [9.17, 15) is 14.7 Å². The summed E-state index contributed by atoms with van der Waals surface area (Å²) in [4.78, 5) is 36.0. The first kappa shape index (κ1) is 30.9. The van der Waals surface area contributed by atoms with Crippen molar-refractivity contribution in [2.75, 3.05) is 4.90 Å². The van der Waals surface area contributed by atoms with Gasteiger partial charge in [0.2, 0.25) is 0 Å². The van der Waals surface area contributed by atoms with Crippen molar-refractivity contribution in [1.82, 2.24) is 14.5 Å². The highest BCUT2D eigenvalue weighted by molar-refractivity contribution is 6.31. The molecule has 9 heteroatoms. The van der Waals surface area contributed by atoms with Crippen molar-refractivity contribution >= 4 is 47.2 Å². The van der Waals surface area contributed by atoms with Crippen LogP contribution in [-0.2, 0) is 20.0 Å². The Morgan fingerprint density at radius 1 is 0.909 bits per heavy atom. The van der Waals surface area contributed by atoms with Crippen LogP contribution in [0.3, 0.4) is 0 Å². The average Bonchev–Trinajstić information content (AvgIpc) is 3.31. The predicted molar refractivity (Wildman–Crippen MR) is 176 cm³/mol. The number of phenolic OH excluding ortho intramolecular Hbond substituents is 1. The zero-order chi connectivity index (χ0) is 30.2. The highest BCUT2D eigenvalue weighted by Gasteiger charge is 2.31. The zero-order valence-electron chi connectivity index (χ0n) is 24.6. The van der Waals surface area contributed by atoms with E-state index in [0.29, 0.717) is 45.3 Å². The fourth-order valence-electron chi connectivity index (χ4n) is 5.79. The van der Waals surface area contributed by atoms with Gasteiger partial charge in [0.15, 0.2) is 0 Å². The topological polar surface area (TPSA) is 78.7 Å². The number of rotatable bonds is 5. The molecule has 0 saturated carbocycles. The number of hydrogen-bond donors (Lipinski definition) is 1. The Hall–Kier alpha value is -4.59. The quantitative estimate of drug-likeness (QED) is 0.216. The minimum absolute atomic E-state index is 0. The fraction of sp³-hybridized carbons (Fsp3) is 0.171. The van der Waals surface area contributed by atoms with E-state index in [1.165, 1.54) is 5.56 Å². The molecule has 5 aromatic rings. The lowest BCUT2D eigenvalue weighted by molar-refractivity contribution is 0.0659. The summed E-state index contributed by atoms with van der Waals surface area (Å²) in [5, 5.41) is 10.4. The van der Waals surface area contributed by atoms with Crippen molar-refractivity contribution in [1.29, 1.82) is 0 Å². The molecule has 224 valence electrons. The number of nitrogens with zero attached hydrogens (tertiary/aromatic N) is 4. The number of phenols is 1. The first-order chi connectivity index (χ1) is 20.7. The van der Waals surface area contributed by atoms with E-state index in [0.717, 1.165) is 17.7 Å². The van der Waals surface area contributed by atoms with Crippen LogP contribution in [0.5, 0.6) is 5.75 Å². The molecule has 44 heavy (non-hydrogen) atoms. The third-order valence-corrected chi connectivity index (χ3v) is 8.49. The Morgan fingerprint density at radius 2 is 1.57 bits per heavy atom. The molecular weight excluding hydrogens is 595 g/mol. The second-order valence-corrected chi connectivity index (χ2v) is 11.3. The fourth-order valence-corrected chi connectivity index (χ4v) is 5.97. The summed E-state index contributed by atoms with van der Waals surface area (Å²) >= 11 is 6.50. The summed E-state index contributed by atoms with van der Waals surface area (Å²) in [5.74, 6) is -0.232. The van der Waals surface area contributed by atoms with Gasteiger partial charge in [-0.15, -0.1) is 12.4 Å². The smallest absolute Gasteiger partial charge is 0.264 e. The van der Waals surface area contributed by atoms with E-state index in [1.54, 1.807) is 71.9 Å². The van der Waals surface area contributed by atoms with E-state index in [1.807, 2.05) is 41.6 Å². The van der Waals surface area contributed by atoms with E-state index in [-0.39, 0.29) is 36.0 Å². The molecule has 0 spiro atoms. The van der Waals surface area contributed by atoms with Crippen molar-refractivity contribution in [3.8, 4) is 17.0 Å². The van der Waals surface area contributed by atoms with Gasteiger partial charge in [0, 0.05) is 65.3 Å². The lowest BCUT2D eigenvalue weighted by Gasteiger charge is -2.35. The predicted octanol–water partition coefficient (Wildman–Crippen LogP) is 7.74. The number of aromatic hydroxyl groups is 1. The van der Waals surface area contributed by atoms with Crippen LogP contribution in [0.2, 0.25) is 5.02 Å². The Labute approximate surface area is 267 Å². The maximum Gasteiger partial charge on any atom is 0.264 e. The standard InChI is InChI=1S/C35H31ClN4O3.ClH/c1-22-18-24-6-4-5-7-25(24)21-39(22)34(42)30-13-8-26(36)19-32(30)33-20-31(23(2)38(33)3)35(43)40(28-14-16-37-17-15-28)27-9-11-29(41)12-10-27;/h4-17,19-20,22,41H,18,21H2,1-3H3;1H/t22-;/m1./s1. The van der Waals surface area contributed by atoms with Crippen LogP contribution in [-0.4, -0.2) is 37.4 Å². The van der Waals surface area contributed by atoms with Gasteiger partial charge in [-0.05, 0) is 92.1 Å². The summed E-state index contributed by atoms with van der Waals surface area (Å²) in [6.45, 7) is 4.49. The van der Waals surface area contributed by atoms with Gasteiger partial charge in [0.25, 0.3) is 11.8 Å². The molecule has 6 rings (SSSR count). The largest absolute Gasteiger partial charge is 0.508 e. The van der Waals surface area contributed by atoms with Crippen LogP contribution in [0.1, 0.15) is 44.5 Å². The molecule has 1 aliphatic heterocycles. The van der Waals surface area contributed by atoms with Crippen LogP contribution in [0, 0.1) is 6.92 Å². The molecule has 0 fully saturated rings. The first-order valence-corrected chi connectivity index (χ1v) is 14.5. The van der Waals surface area contributed by atoms with Crippen molar-refractivity contribution in [2.45, 2.75) is 32.9 Å². The molecule has 2 amide bonds. The minimum atomic E-state index is -0.257. The van der Waals surface area contributed by atoms with Crippen molar-refractivity contribution < 1.29 is 14.7 Å². The highest BCUT2D eigenvalue weighted by atomic mass is 35.5. The monoisotopic (exact) mass is 626 g/mol. The molecule has 1 N–H and O–H groups in total. The number of anilines is 2. The number of benzene rings is 3. The highest BCUT2D eigenvalue weighted by Crippen LogP contribution is 2.35. The van der Waals surface area contributed by atoms with Crippen LogP contribution < -0.4 is 4.90 Å². The maximum atomic E-state index is 14.3. The van der Waals surface area contributed by atoms with Crippen LogP contribution in [0.15, 0.2) is 97.3 Å². The Kier molecular flexibility index (Phi) is 8.81. The first-order valence-electron chi connectivity index (χ1n) is 14.1. The SMILES string of the molecule is Cc1c(C(=O)N(c2ccncc2)c2ccc(O)cc2)cc(-c2cc(Cl)ccc2C(=O)N2Cc3ccccc3C[C@H]2C)n1C.Cl. The Balaban J connectivity index is 0.00000384. The number of pyridine rings is 1. The van der Waals surface area contributed by atoms with Gasteiger partial charge in [-0.2, -0.15) is 0 Å². The molecule has 0 unspecified atom stereocenters. The maximum absolute atomic E-state index is 14.3. The molecule has 0 saturated heterocycles. The van der Waals surface area contributed by atoms with Gasteiger partial charge in [-0.25, -0.2) is 0 Å². The number of amides is 2. The number of halogens is 2. The van der Waals surface area contributed by atoms with Gasteiger partial charge in [-0.3, -0.25) is 19.5 Å². The summed E-state index contributed by atoms with van der Waals surface area (Å²) in [5.41, 5.74) is 6.74. The average molecular weight is 628 g/mol. The molecule has 0 aliphatic carbocycles. The second kappa shape index (κ2) is 12.6. The van der Waals surface area contributed by atoms with Gasteiger partial charge < -0.3 is 14.6 Å². The number of carbonyl (C=O) groups excluding carboxylic acids is 2. The van der Waals surface area contributed by atoms with Crippen molar-refractivity contribution in [3.05, 3.63) is 130 Å². The second-order valence-electron chi connectivity index (χ2n) is 10.9. The molecule has 0 radical (unpaired) electrons. The Morgan fingerprint density at radius 3 is 2.27 bits per heavy atom. The van der Waals surface area contributed by atoms with E-state index >= 15 is 0 Å². The number of aromatic nitrogens is 2. The van der Waals surface area contributed by atoms with Crippen LogP contribution >= 0.6 is 24.0 Å². The molecule has 7 nitrogen and oxygen atoms in total. The van der Waals surface area contributed by atoms with E-state index in [4.69, 9.17) is 11.6 Å². The summed E-state index contributed by atoms with van der Waals surface area (Å²) < 4.78 is 1.92. The third kappa shape index (κ3) is 5.68. The number of hydrogen-bond acceptors (Lipinski definition) is 4. The lowest BCUT2D eigenvalue weighted by atomic mass is 9.93. The van der Waals surface area contributed by atoms with E-state index < -0.39 is 0 Å². The summed E-state index contributed by atoms with van der Waals surface area (Å²) in [6, 6.07) is 25.4. The van der Waals surface area contributed by atoms with Gasteiger partial charge in [0.05, 0.1) is 11.3 Å². The number of fused-ring (bicyclic) bond motifs is 1. The Bertz CT molecular complexity index is 1840. The number of carbonyl (C=O) groups is 2. The molecule has 1 aliphatic rings. The van der Waals surface area contributed by atoms with Gasteiger partial charge in [-0.1, -0.05) is 35.9 Å². The zero-order valence-corrected chi connectivity index (χ0v) is 26.1. The van der Waals surface area contributed by atoms with Crippen LogP contribution in [0.4, 0.5) is 11.4 Å². The van der Waals surface area contributed by atoms with E-state index in [2.05, 4.69) is 24.0 Å². The van der Waals surface area contributed by atoms with Crippen LogP contribution in [0.25, 0.3) is 11.3 Å². The van der Waals surface area contributed by atoms with Gasteiger partial charge >= 0.3 is 0 Å². The third-order valence-electron chi connectivity index (χ3n) is 8.25. The normalized spacial score (nSPS) is 14.0. The molecule has 3 heterocycles. The minimum Gasteiger partial charge on any atom is -0.508 e. The van der Waals surface area contributed by atoms with Gasteiger partial charge in [0.1, 0.15) is 5.75 Å². The summed E-state index contributed by atoms with van der Waals surface area (Å²) in [7, 11) is 1.88.